The molecule has 0 bridgehead atoms. The molecule has 1 atom stereocenters. The number of ether oxygens (including phenoxy) is 1. The Hall–Kier alpha value is -1.65. The third-order valence-electron chi connectivity index (χ3n) is 3.57. The minimum absolute atomic E-state index is 0.211. The normalized spacial score (nSPS) is 12.6. The maximum absolute atomic E-state index is 13.6. The molecule has 0 aliphatic heterocycles. The van der Waals surface area contributed by atoms with Gasteiger partial charge in [-0.25, -0.2) is 4.39 Å². The van der Waals surface area contributed by atoms with Crippen molar-refractivity contribution in [2.24, 2.45) is 0 Å². The first-order chi connectivity index (χ1) is 10.1. The fraction of sp³-hybridized carbons (Fsp3) is 0.412. The van der Waals surface area contributed by atoms with E-state index in [1.165, 1.54) is 6.07 Å². The SMILES string of the molecule is COCC[C@H](C)NCc1ccc(-c2cccc(F)c2C)o1. The first kappa shape index (κ1) is 15.7. The van der Waals surface area contributed by atoms with Crippen molar-refractivity contribution in [3.05, 3.63) is 47.5 Å². The molecule has 0 amide bonds. The molecule has 3 nitrogen and oxygen atoms in total. The van der Waals surface area contributed by atoms with Crippen LogP contribution in [0.1, 0.15) is 24.7 Å². The van der Waals surface area contributed by atoms with E-state index in [-0.39, 0.29) is 5.82 Å². The zero-order valence-electron chi connectivity index (χ0n) is 12.8. The van der Waals surface area contributed by atoms with Crippen LogP contribution in [0, 0.1) is 12.7 Å². The first-order valence-electron chi connectivity index (χ1n) is 7.18. The predicted octanol–water partition coefficient (Wildman–Crippen LogP) is 3.91. The van der Waals surface area contributed by atoms with Gasteiger partial charge in [0.15, 0.2) is 0 Å². The second-order valence-electron chi connectivity index (χ2n) is 5.24. The summed E-state index contributed by atoms with van der Waals surface area (Å²) in [6, 6.07) is 9.20. The summed E-state index contributed by atoms with van der Waals surface area (Å²) in [5, 5.41) is 3.38. The van der Waals surface area contributed by atoms with E-state index in [2.05, 4.69) is 12.2 Å². The molecule has 1 aromatic carbocycles. The number of hydrogen-bond donors (Lipinski definition) is 1. The Labute approximate surface area is 125 Å². The van der Waals surface area contributed by atoms with Crippen LogP contribution < -0.4 is 5.32 Å². The molecule has 0 saturated heterocycles. The van der Waals surface area contributed by atoms with Gasteiger partial charge in [-0.1, -0.05) is 12.1 Å². The van der Waals surface area contributed by atoms with E-state index in [9.17, 15) is 4.39 Å². The molecule has 0 fully saturated rings. The van der Waals surface area contributed by atoms with Gasteiger partial charge in [0, 0.05) is 25.3 Å². The quantitative estimate of drug-likeness (QED) is 0.840. The summed E-state index contributed by atoms with van der Waals surface area (Å²) in [6.07, 6.45) is 0.951. The summed E-state index contributed by atoms with van der Waals surface area (Å²) in [7, 11) is 1.70. The maximum Gasteiger partial charge on any atom is 0.134 e. The Bertz CT molecular complexity index is 580. The van der Waals surface area contributed by atoms with Crippen molar-refractivity contribution in [2.45, 2.75) is 32.9 Å². The van der Waals surface area contributed by atoms with Gasteiger partial charge in [0.2, 0.25) is 0 Å². The predicted molar refractivity (Wildman–Crippen MR) is 81.6 cm³/mol. The molecule has 0 aliphatic rings. The highest BCUT2D eigenvalue weighted by molar-refractivity contribution is 5.62. The molecule has 21 heavy (non-hydrogen) atoms. The van der Waals surface area contributed by atoms with Gasteiger partial charge in [-0.2, -0.15) is 0 Å². The Kier molecular flexibility index (Phi) is 5.53. The number of hydrogen-bond acceptors (Lipinski definition) is 3. The standard InChI is InChI=1S/C17H22FNO2/c1-12(9-10-20-3)19-11-14-7-8-17(21-14)15-5-4-6-16(18)13(15)2/h4-8,12,19H,9-11H2,1-3H3/t12-/m0/s1. The third kappa shape index (κ3) is 4.16. The number of rotatable bonds is 7. The monoisotopic (exact) mass is 291 g/mol. The molecule has 0 unspecified atom stereocenters. The summed E-state index contributed by atoms with van der Waals surface area (Å²) in [4.78, 5) is 0. The van der Waals surface area contributed by atoms with E-state index < -0.39 is 0 Å². The van der Waals surface area contributed by atoms with Crippen LogP contribution in [-0.2, 0) is 11.3 Å². The molecule has 0 aliphatic carbocycles. The second-order valence-corrected chi connectivity index (χ2v) is 5.24. The van der Waals surface area contributed by atoms with Gasteiger partial charge in [-0.15, -0.1) is 0 Å². The molecule has 1 N–H and O–H groups in total. The van der Waals surface area contributed by atoms with Crippen molar-refractivity contribution in [3.63, 3.8) is 0 Å². The highest BCUT2D eigenvalue weighted by Gasteiger charge is 2.10. The largest absolute Gasteiger partial charge is 0.460 e. The van der Waals surface area contributed by atoms with Gasteiger partial charge in [0.05, 0.1) is 6.54 Å². The van der Waals surface area contributed by atoms with Crippen molar-refractivity contribution in [2.75, 3.05) is 13.7 Å². The molecule has 114 valence electrons. The van der Waals surface area contributed by atoms with E-state index in [0.29, 0.717) is 23.9 Å². The first-order valence-corrected chi connectivity index (χ1v) is 7.18. The maximum atomic E-state index is 13.6. The lowest BCUT2D eigenvalue weighted by Gasteiger charge is -2.11. The average Bonchev–Trinajstić information content (AvgIpc) is 2.94. The van der Waals surface area contributed by atoms with E-state index in [0.717, 1.165) is 24.4 Å². The van der Waals surface area contributed by atoms with Gasteiger partial charge >= 0.3 is 0 Å². The van der Waals surface area contributed by atoms with Crippen LogP contribution in [0.2, 0.25) is 0 Å². The van der Waals surface area contributed by atoms with Crippen molar-refractivity contribution in [1.29, 1.82) is 0 Å². The summed E-state index contributed by atoms with van der Waals surface area (Å²) in [6.45, 7) is 5.26. The van der Waals surface area contributed by atoms with Crippen molar-refractivity contribution in [3.8, 4) is 11.3 Å². The topological polar surface area (TPSA) is 34.4 Å². The number of nitrogens with one attached hydrogen (secondary N) is 1. The molecular weight excluding hydrogens is 269 g/mol. The van der Waals surface area contributed by atoms with Crippen LogP contribution in [0.25, 0.3) is 11.3 Å². The molecule has 1 aromatic heterocycles. The zero-order chi connectivity index (χ0) is 15.2. The number of furan rings is 1. The molecule has 1 heterocycles. The molecule has 2 rings (SSSR count). The van der Waals surface area contributed by atoms with Gasteiger partial charge in [-0.3, -0.25) is 0 Å². The van der Waals surface area contributed by atoms with Crippen LogP contribution in [-0.4, -0.2) is 19.8 Å². The van der Waals surface area contributed by atoms with Crippen molar-refractivity contribution < 1.29 is 13.5 Å². The van der Waals surface area contributed by atoms with E-state index in [1.807, 2.05) is 18.2 Å². The Morgan fingerprint density at radius 2 is 2.10 bits per heavy atom. The van der Waals surface area contributed by atoms with Crippen LogP contribution in [0.4, 0.5) is 4.39 Å². The number of halogens is 1. The van der Waals surface area contributed by atoms with Crippen LogP contribution in [0.3, 0.4) is 0 Å². The molecule has 0 saturated carbocycles. The Morgan fingerprint density at radius 3 is 2.86 bits per heavy atom. The van der Waals surface area contributed by atoms with Gasteiger partial charge in [-0.05, 0) is 44.0 Å². The van der Waals surface area contributed by atoms with Gasteiger partial charge in [0.1, 0.15) is 17.3 Å². The Morgan fingerprint density at radius 1 is 1.29 bits per heavy atom. The minimum atomic E-state index is -0.211. The van der Waals surface area contributed by atoms with E-state index in [4.69, 9.17) is 9.15 Å². The van der Waals surface area contributed by atoms with Crippen molar-refractivity contribution >= 4 is 0 Å². The highest BCUT2D eigenvalue weighted by atomic mass is 19.1. The smallest absolute Gasteiger partial charge is 0.134 e. The van der Waals surface area contributed by atoms with E-state index >= 15 is 0 Å². The molecule has 0 radical (unpaired) electrons. The lowest BCUT2D eigenvalue weighted by molar-refractivity contribution is 0.184. The van der Waals surface area contributed by atoms with Crippen LogP contribution in [0.5, 0.6) is 0 Å². The van der Waals surface area contributed by atoms with Crippen LogP contribution >= 0.6 is 0 Å². The summed E-state index contributed by atoms with van der Waals surface area (Å²) in [5.41, 5.74) is 1.41. The molecular formula is C17H22FNO2. The zero-order valence-corrected chi connectivity index (χ0v) is 12.8. The molecule has 4 heteroatoms. The fourth-order valence-electron chi connectivity index (χ4n) is 2.16. The Balaban J connectivity index is 2.00. The van der Waals surface area contributed by atoms with E-state index in [1.54, 1.807) is 20.1 Å². The summed E-state index contributed by atoms with van der Waals surface area (Å²) in [5.74, 6) is 1.34. The van der Waals surface area contributed by atoms with Gasteiger partial charge in [0.25, 0.3) is 0 Å². The lowest BCUT2D eigenvalue weighted by atomic mass is 10.1. The molecule has 2 aromatic rings. The summed E-state index contributed by atoms with van der Waals surface area (Å²) < 4.78 is 24.4. The van der Waals surface area contributed by atoms with Gasteiger partial charge < -0.3 is 14.5 Å². The number of benzene rings is 1. The van der Waals surface area contributed by atoms with Crippen LogP contribution in [0.15, 0.2) is 34.7 Å². The highest BCUT2D eigenvalue weighted by Crippen LogP contribution is 2.26. The minimum Gasteiger partial charge on any atom is -0.460 e. The second kappa shape index (κ2) is 7.38. The fourth-order valence-corrected chi connectivity index (χ4v) is 2.16. The summed E-state index contributed by atoms with van der Waals surface area (Å²) >= 11 is 0. The molecule has 0 spiro atoms. The van der Waals surface area contributed by atoms with Crippen molar-refractivity contribution in [1.82, 2.24) is 5.32 Å². The number of methoxy groups -OCH3 is 1. The average molecular weight is 291 g/mol. The lowest BCUT2D eigenvalue weighted by Crippen LogP contribution is -2.26. The third-order valence-corrected chi connectivity index (χ3v) is 3.57.